The molecule has 0 spiro atoms. The van der Waals surface area contributed by atoms with Crippen LogP contribution in [-0.2, 0) is 0 Å². The van der Waals surface area contributed by atoms with Crippen molar-refractivity contribution in [3.8, 4) is 0 Å². The number of hydrogen-bond acceptors (Lipinski definition) is 3. The van der Waals surface area contributed by atoms with Crippen LogP contribution in [0.3, 0.4) is 0 Å². The van der Waals surface area contributed by atoms with Gasteiger partial charge in [-0.15, -0.1) is 0 Å². The molecule has 3 nitrogen and oxygen atoms in total. The van der Waals surface area contributed by atoms with E-state index < -0.39 is 0 Å². The van der Waals surface area contributed by atoms with Crippen LogP contribution < -0.4 is 10.6 Å². The van der Waals surface area contributed by atoms with Crippen LogP contribution in [0.25, 0.3) is 0 Å². The van der Waals surface area contributed by atoms with Crippen LogP contribution >= 0.6 is 15.9 Å². The molecule has 1 saturated heterocycles. The summed E-state index contributed by atoms with van der Waals surface area (Å²) in [6.07, 6.45) is 4.86. The van der Waals surface area contributed by atoms with Crippen molar-refractivity contribution in [1.82, 2.24) is 4.98 Å². The first kappa shape index (κ1) is 12.8. The van der Waals surface area contributed by atoms with E-state index in [9.17, 15) is 4.39 Å². The highest BCUT2D eigenvalue weighted by Crippen LogP contribution is 2.30. The minimum Gasteiger partial charge on any atom is -0.347 e. The standard InChI is InChI=1S/C12H17BrFN3/c1-8-3-2-4-10(6-15)17(8)12-11(14)5-9(13)7-16-12/h5,7-8,10H,2-4,6,15H2,1H3. The summed E-state index contributed by atoms with van der Waals surface area (Å²) in [6, 6.07) is 1.94. The van der Waals surface area contributed by atoms with Crippen molar-refractivity contribution in [2.24, 2.45) is 5.73 Å². The molecule has 2 rings (SSSR count). The van der Waals surface area contributed by atoms with Crippen LogP contribution in [0, 0.1) is 5.82 Å². The Bertz CT molecular complexity index is 399. The highest BCUT2D eigenvalue weighted by Gasteiger charge is 2.29. The molecule has 1 aromatic heterocycles. The molecule has 0 bridgehead atoms. The Labute approximate surface area is 109 Å². The zero-order chi connectivity index (χ0) is 12.4. The number of rotatable bonds is 2. The molecule has 0 amide bonds. The molecule has 0 saturated carbocycles. The summed E-state index contributed by atoms with van der Waals surface area (Å²) in [5, 5.41) is 0. The lowest BCUT2D eigenvalue weighted by Crippen LogP contribution is -2.49. The predicted molar refractivity (Wildman–Crippen MR) is 70.5 cm³/mol. The van der Waals surface area contributed by atoms with Crippen LogP contribution in [0.15, 0.2) is 16.7 Å². The Morgan fingerprint density at radius 3 is 3.00 bits per heavy atom. The van der Waals surface area contributed by atoms with E-state index in [1.54, 1.807) is 6.20 Å². The van der Waals surface area contributed by atoms with Gasteiger partial charge < -0.3 is 10.6 Å². The first-order chi connectivity index (χ1) is 8.13. The zero-order valence-corrected chi connectivity index (χ0v) is 11.5. The van der Waals surface area contributed by atoms with Gasteiger partial charge in [0.2, 0.25) is 0 Å². The fraction of sp³-hybridized carbons (Fsp3) is 0.583. The second kappa shape index (κ2) is 5.31. The normalized spacial score (nSPS) is 25.1. The summed E-state index contributed by atoms with van der Waals surface area (Å²) < 4.78 is 14.6. The van der Waals surface area contributed by atoms with Crippen molar-refractivity contribution in [2.75, 3.05) is 11.4 Å². The third kappa shape index (κ3) is 2.60. The predicted octanol–water partition coefficient (Wildman–Crippen LogP) is 2.69. The average Bonchev–Trinajstić information content (AvgIpc) is 2.30. The van der Waals surface area contributed by atoms with E-state index >= 15 is 0 Å². The van der Waals surface area contributed by atoms with Crippen molar-refractivity contribution in [1.29, 1.82) is 0 Å². The fourth-order valence-electron chi connectivity index (χ4n) is 2.50. The molecular formula is C12H17BrFN3. The molecule has 2 heterocycles. The van der Waals surface area contributed by atoms with Crippen molar-refractivity contribution in [2.45, 2.75) is 38.3 Å². The van der Waals surface area contributed by atoms with E-state index in [1.807, 2.05) is 4.90 Å². The molecule has 2 atom stereocenters. The highest BCUT2D eigenvalue weighted by atomic mass is 79.9. The number of anilines is 1. The van der Waals surface area contributed by atoms with Gasteiger partial charge in [0.15, 0.2) is 11.6 Å². The average molecular weight is 302 g/mol. The van der Waals surface area contributed by atoms with E-state index in [2.05, 4.69) is 27.8 Å². The monoisotopic (exact) mass is 301 g/mol. The van der Waals surface area contributed by atoms with Gasteiger partial charge in [0.25, 0.3) is 0 Å². The maximum atomic E-state index is 13.9. The van der Waals surface area contributed by atoms with Gasteiger partial charge in [-0.3, -0.25) is 0 Å². The Morgan fingerprint density at radius 2 is 2.35 bits per heavy atom. The van der Waals surface area contributed by atoms with Crippen molar-refractivity contribution >= 4 is 21.7 Å². The number of halogens is 2. The van der Waals surface area contributed by atoms with Gasteiger partial charge in [-0.2, -0.15) is 0 Å². The Kier molecular flexibility index (Phi) is 3.99. The van der Waals surface area contributed by atoms with Crippen molar-refractivity contribution < 1.29 is 4.39 Å². The second-order valence-electron chi connectivity index (χ2n) is 4.54. The lowest BCUT2D eigenvalue weighted by molar-refractivity contribution is 0.391. The fourth-order valence-corrected chi connectivity index (χ4v) is 2.80. The summed E-state index contributed by atoms with van der Waals surface area (Å²) in [5.41, 5.74) is 5.77. The molecule has 94 valence electrons. The van der Waals surface area contributed by atoms with Crippen LogP contribution in [0.4, 0.5) is 10.2 Å². The van der Waals surface area contributed by atoms with Crippen LogP contribution in [0.1, 0.15) is 26.2 Å². The summed E-state index contributed by atoms with van der Waals surface area (Å²) in [7, 11) is 0. The van der Waals surface area contributed by atoms with E-state index in [-0.39, 0.29) is 11.9 Å². The molecule has 0 aliphatic carbocycles. The SMILES string of the molecule is CC1CCCC(CN)N1c1ncc(Br)cc1F. The molecule has 5 heteroatoms. The molecule has 1 aliphatic rings. The molecule has 0 radical (unpaired) electrons. The number of piperidine rings is 1. The molecule has 2 N–H and O–H groups in total. The van der Waals surface area contributed by atoms with Crippen LogP contribution in [0.2, 0.25) is 0 Å². The number of nitrogens with two attached hydrogens (primary N) is 1. The summed E-state index contributed by atoms with van der Waals surface area (Å²) in [6.45, 7) is 2.65. The lowest BCUT2D eigenvalue weighted by atomic mass is 9.96. The van der Waals surface area contributed by atoms with Gasteiger partial charge in [0, 0.05) is 29.3 Å². The third-order valence-corrected chi connectivity index (χ3v) is 3.77. The lowest BCUT2D eigenvalue weighted by Gasteiger charge is -2.41. The molecule has 0 aromatic carbocycles. The first-order valence-corrected chi connectivity index (χ1v) is 6.72. The van der Waals surface area contributed by atoms with Crippen molar-refractivity contribution in [3.05, 3.63) is 22.6 Å². The summed E-state index contributed by atoms with van der Waals surface area (Å²) in [5.74, 6) is 0.141. The Morgan fingerprint density at radius 1 is 1.59 bits per heavy atom. The van der Waals surface area contributed by atoms with Crippen molar-refractivity contribution in [3.63, 3.8) is 0 Å². The maximum Gasteiger partial charge on any atom is 0.166 e. The van der Waals surface area contributed by atoms with Crippen LogP contribution in [-0.4, -0.2) is 23.6 Å². The largest absolute Gasteiger partial charge is 0.347 e. The van der Waals surface area contributed by atoms with Gasteiger partial charge in [0.1, 0.15) is 0 Å². The summed E-state index contributed by atoms with van der Waals surface area (Å²) in [4.78, 5) is 6.23. The van der Waals surface area contributed by atoms with Gasteiger partial charge in [-0.1, -0.05) is 0 Å². The number of hydrogen-bond donors (Lipinski definition) is 1. The molecular weight excluding hydrogens is 285 g/mol. The maximum absolute atomic E-state index is 13.9. The molecule has 2 unspecified atom stereocenters. The van der Waals surface area contributed by atoms with E-state index in [1.165, 1.54) is 6.07 Å². The molecule has 1 fully saturated rings. The van der Waals surface area contributed by atoms with Gasteiger partial charge in [-0.05, 0) is 48.2 Å². The third-order valence-electron chi connectivity index (χ3n) is 3.33. The quantitative estimate of drug-likeness (QED) is 0.913. The minimum absolute atomic E-state index is 0.196. The first-order valence-electron chi connectivity index (χ1n) is 5.93. The second-order valence-corrected chi connectivity index (χ2v) is 5.45. The van der Waals surface area contributed by atoms with E-state index in [0.29, 0.717) is 22.9 Å². The Hall–Kier alpha value is -0.680. The number of aromatic nitrogens is 1. The smallest absolute Gasteiger partial charge is 0.166 e. The Balaban J connectivity index is 2.34. The number of nitrogens with zero attached hydrogens (tertiary/aromatic N) is 2. The van der Waals surface area contributed by atoms with Gasteiger partial charge in [0.05, 0.1) is 0 Å². The highest BCUT2D eigenvalue weighted by molar-refractivity contribution is 9.10. The zero-order valence-electron chi connectivity index (χ0n) is 9.87. The van der Waals surface area contributed by atoms with Crippen LogP contribution in [0.5, 0.6) is 0 Å². The molecule has 17 heavy (non-hydrogen) atoms. The molecule has 1 aliphatic heterocycles. The van der Waals surface area contributed by atoms with E-state index in [4.69, 9.17) is 5.73 Å². The number of pyridine rings is 1. The van der Waals surface area contributed by atoms with Gasteiger partial charge in [-0.25, -0.2) is 9.37 Å². The molecule has 1 aromatic rings. The summed E-state index contributed by atoms with van der Waals surface area (Å²) >= 11 is 3.22. The minimum atomic E-state index is -0.286. The van der Waals surface area contributed by atoms with Gasteiger partial charge >= 0.3 is 0 Å². The van der Waals surface area contributed by atoms with E-state index in [0.717, 1.165) is 19.3 Å². The topological polar surface area (TPSA) is 42.1 Å².